The molecule has 0 aliphatic carbocycles. The Hall–Kier alpha value is -0.880. The minimum Gasteiger partial charge on any atom is -0.487 e. The third kappa shape index (κ3) is 6.26. The first-order valence-corrected chi connectivity index (χ1v) is 9.15. The summed E-state index contributed by atoms with van der Waals surface area (Å²) in [7, 11) is 4.15. The summed E-state index contributed by atoms with van der Waals surface area (Å²) in [6.07, 6.45) is 0. The fourth-order valence-electron chi connectivity index (χ4n) is 2.12. The van der Waals surface area contributed by atoms with Gasteiger partial charge in [0.05, 0.1) is 8.95 Å². The molecule has 0 heterocycles. The number of halogens is 2. The van der Waals surface area contributed by atoms with E-state index in [-0.39, 0.29) is 0 Å². The molecule has 0 fully saturated rings. The number of hydrogen-bond acceptors (Lipinski definition) is 3. The van der Waals surface area contributed by atoms with Gasteiger partial charge in [-0.05, 0) is 69.2 Å². The second kappa shape index (κ2) is 9.42. The van der Waals surface area contributed by atoms with E-state index in [1.807, 2.05) is 18.2 Å². The largest absolute Gasteiger partial charge is 0.487 e. The summed E-state index contributed by atoms with van der Waals surface area (Å²) in [6.45, 7) is 3.39. The third-order valence-corrected chi connectivity index (χ3v) is 4.53. The van der Waals surface area contributed by atoms with Crippen LogP contribution in [0.1, 0.15) is 11.1 Å². The molecule has 0 spiro atoms. The van der Waals surface area contributed by atoms with Gasteiger partial charge < -0.3 is 15.0 Å². The number of rotatable bonds is 8. The van der Waals surface area contributed by atoms with Crippen molar-refractivity contribution in [1.29, 1.82) is 0 Å². The van der Waals surface area contributed by atoms with Crippen LogP contribution in [0, 0.1) is 0 Å². The second-order valence-corrected chi connectivity index (χ2v) is 7.35. The van der Waals surface area contributed by atoms with Gasteiger partial charge in [0.1, 0.15) is 12.4 Å². The van der Waals surface area contributed by atoms with Crippen molar-refractivity contribution in [2.24, 2.45) is 0 Å². The molecule has 0 atom stereocenters. The van der Waals surface area contributed by atoms with Gasteiger partial charge >= 0.3 is 0 Å². The second-order valence-electron chi connectivity index (χ2n) is 5.64. The van der Waals surface area contributed by atoms with Gasteiger partial charge in [0.2, 0.25) is 0 Å². The molecule has 2 aromatic carbocycles. The molecule has 0 saturated heterocycles. The van der Waals surface area contributed by atoms with Crippen LogP contribution in [0.3, 0.4) is 0 Å². The van der Waals surface area contributed by atoms with Gasteiger partial charge in [-0.25, -0.2) is 0 Å². The summed E-state index contributed by atoms with van der Waals surface area (Å²) in [4.78, 5) is 2.17. The van der Waals surface area contributed by atoms with E-state index < -0.39 is 0 Å². The van der Waals surface area contributed by atoms with Crippen molar-refractivity contribution in [1.82, 2.24) is 10.2 Å². The smallest absolute Gasteiger partial charge is 0.148 e. The third-order valence-electron chi connectivity index (χ3n) is 3.35. The Bertz CT molecular complexity index is 595. The molecular formula is C18H22Br2N2O. The molecule has 0 saturated carbocycles. The molecule has 0 bridgehead atoms. The van der Waals surface area contributed by atoms with E-state index in [2.05, 4.69) is 80.4 Å². The number of ether oxygens (including phenoxy) is 1. The molecule has 0 aliphatic rings. The molecule has 3 nitrogen and oxygen atoms in total. The minimum atomic E-state index is 0.554. The summed E-state index contributed by atoms with van der Waals surface area (Å²) in [5.41, 5.74) is 2.37. The van der Waals surface area contributed by atoms with Crippen molar-refractivity contribution in [2.75, 3.05) is 27.2 Å². The highest BCUT2D eigenvalue weighted by molar-refractivity contribution is 9.11. The number of likely N-dealkylation sites (N-methyl/N-ethyl adjacent to an activating group) is 1. The predicted octanol–water partition coefficient (Wildman–Crippen LogP) is 4.44. The topological polar surface area (TPSA) is 24.5 Å². The van der Waals surface area contributed by atoms with Gasteiger partial charge in [0, 0.05) is 19.6 Å². The Morgan fingerprint density at radius 2 is 1.65 bits per heavy atom. The van der Waals surface area contributed by atoms with Crippen LogP contribution >= 0.6 is 31.9 Å². The van der Waals surface area contributed by atoms with Crippen LogP contribution in [0.25, 0.3) is 0 Å². The number of nitrogens with zero attached hydrogens (tertiary/aromatic N) is 1. The highest BCUT2D eigenvalue weighted by Crippen LogP contribution is 2.35. The zero-order chi connectivity index (χ0) is 16.7. The lowest BCUT2D eigenvalue weighted by Gasteiger charge is -2.14. The van der Waals surface area contributed by atoms with Crippen molar-refractivity contribution < 1.29 is 4.74 Å². The lowest BCUT2D eigenvalue weighted by molar-refractivity contribution is 0.302. The van der Waals surface area contributed by atoms with Crippen molar-refractivity contribution in [3.8, 4) is 5.75 Å². The van der Waals surface area contributed by atoms with Gasteiger partial charge in [0.15, 0.2) is 0 Å². The number of benzene rings is 2. The van der Waals surface area contributed by atoms with Gasteiger partial charge in [-0.2, -0.15) is 0 Å². The summed E-state index contributed by atoms with van der Waals surface area (Å²) in [5.74, 6) is 0.839. The molecule has 0 amide bonds. The van der Waals surface area contributed by atoms with Crippen LogP contribution in [-0.4, -0.2) is 32.1 Å². The maximum absolute atomic E-state index is 5.94. The average Bonchev–Trinajstić information content (AvgIpc) is 2.51. The summed E-state index contributed by atoms with van der Waals surface area (Å²) >= 11 is 7.23. The molecule has 2 rings (SSSR count). The van der Waals surface area contributed by atoms with E-state index in [1.165, 1.54) is 5.56 Å². The molecule has 0 radical (unpaired) electrons. The van der Waals surface area contributed by atoms with Gasteiger partial charge in [-0.3, -0.25) is 0 Å². The van der Waals surface area contributed by atoms with Crippen LogP contribution in [0.15, 0.2) is 51.4 Å². The van der Waals surface area contributed by atoms with Crippen molar-refractivity contribution in [2.45, 2.75) is 13.2 Å². The standard InChI is InChI=1S/C18H22Br2N2O/c1-22(2)9-8-21-12-15-10-16(19)18(17(20)11-15)23-13-14-6-4-3-5-7-14/h3-7,10-11,21H,8-9,12-13H2,1-2H3. The molecule has 23 heavy (non-hydrogen) atoms. The molecule has 1 N–H and O–H groups in total. The van der Waals surface area contributed by atoms with E-state index >= 15 is 0 Å². The Morgan fingerprint density at radius 1 is 1.00 bits per heavy atom. The average molecular weight is 442 g/mol. The van der Waals surface area contributed by atoms with E-state index in [9.17, 15) is 0 Å². The van der Waals surface area contributed by atoms with Crippen LogP contribution in [0.2, 0.25) is 0 Å². The molecule has 2 aromatic rings. The van der Waals surface area contributed by atoms with E-state index in [0.717, 1.165) is 39.9 Å². The summed E-state index contributed by atoms with van der Waals surface area (Å²) < 4.78 is 7.87. The highest BCUT2D eigenvalue weighted by atomic mass is 79.9. The molecule has 124 valence electrons. The van der Waals surface area contributed by atoms with Gasteiger partial charge in [0.25, 0.3) is 0 Å². The first kappa shape index (κ1) is 18.5. The molecular weight excluding hydrogens is 420 g/mol. The Balaban J connectivity index is 1.94. The van der Waals surface area contributed by atoms with Crippen LogP contribution < -0.4 is 10.1 Å². The normalized spacial score (nSPS) is 11.0. The Labute approximate surface area is 155 Å². The monoisotopic (exact) mass is 440 g/mol. The SMILES string of the molecule is CN(C)CCNCc1cc(Br)c(OCc2ccccc2)c(Br)c1. The minimum absolute atomic E-state index is 0.554. The van der Waals surface area contributed by atoms with Gasteiger partial charge in [-0.1, -0.05) is 30.3 Å². The van der Waals surface area contributed by atoms with E-state index in [1.54, 1.807) is 0 Å². The summed E-state index contributed by atoms with van der Waals surface area (Å²) in [5, 5.41) is 3.44. The Morgan fingerprint density at radius 3 is 2.26 bits per heavy atom. The van der Waals surface area contributed by atoms with Crippen LogP contribution in [0.5, 0.6) is 5.75 Å². The van der Waals surface area contributed by atoms with Crippen molar-refractivity contribution >= 4 is 31.9 Å². The summed E-state index contributed by atoms with van der Waals surface area (Å²) in [6, 6.07) is 14.4. The molecule has 0 unspecified atom stereocenters. The first-order valence-electron chi connectivity index (χ1n) is 7.56. The van der Waals surface area contributed by atoms with Crippen LogP contribution in [0.4, 0.5) is 0 Å². The number of hydrogen-bond donors (Lipinski definition) is 1. The first-order chi connectivity index (χ1) is 11.1. The maximum atomic E-state index is 5.94. The van der Waals surface area contributed by atoms with Gasteiger partial charge in [-0.15, -0.1) is 0 Å². The zero-order valence-electron chi connectivity index (χ0n) is 13.5. The van der Waals surface area contributed by atoms with E-state index in [0.29, 0.717) is 6.61 Å². The van der Waals surface area contributed by atoms with Crippen molar-refractivity contribution in [3.63, 3.8) is 0 Å². The highest BCUT2D eigenvalue weighted by Gasteiger charge is 2.09. The Kier molecular flexibility index (Phi) is 7.56. The van der Waals surface area contributed by atoms with Crippen LogP contribution in [-0.2, 0) is 13.2 Å². The molecule has 5 heteroatoms. The number of nitrogens with one attached hydrogen (secondary N) is 1. The lowest BCUT2D eigenvalue weighted by Crippen LogP contribution is -2.26. The quantitative estimate of drug-likeness (QED) is 0.612. The zero-order valence-corrected chi connectivity index (χ0v) is 16.7. The predicted molar refractivity (Wildman–Crippen MR) is 103 cm³/mol. The fraction of sp³-hybridized carbons (Fsp3) is 0.333. The van der Waals surface area contributed by atoms with Crippen molar-refractivity contribution in [3.05, 3.63) is 62.5 Å². The molecule has 0 aromatic heterocycles. The molecule has 0 aliphatic heterocycles. The lowest BCUT2D eigenvalue weighted by atomic mass is 10.2. The van der Waals surface area contributed by atoms with E-state index in [4.69, 9.17) is 4.74 Å². The fourth-order valence-corrected chi connectivity index (χ4v) is 3.63. The maximum Gasteiger partial charge on any atom is 0.148 e.